The minimum atomic E-state index is -0.0585. The van der Waals surface area contributed by atoms with Gasteiger partial charge in [0.15, 0.2) is 0 Å². The Morgan fingerprint density at radius 1 is 0.957 bits per heavy atom. The first-order chi connectivity index (χ1) is 11.3. The second-order valence-corrected chi connectivity index (χ2v) is 6.41. The van der Waals surface area contributed by atoms with E-state index < -0.39 is 0 Å². The van der Waals surface area contributed by atoms with Crippen molar-refractivity contribution in [3.63, 3.8) is 0 Å². The monoisotopic (exact) mass is 307 g/mol. The predicted octanol–water partition coefficient (Wildman–Crippen LogP) is 3.64. The van der Waals surface area contributed by atoms with Crippen LogP contribution in [0.3, 0.4) is 0 Å². The molecule has 0 radical (unpaired) electrons. The average Bonchev–Trinajstić information content (AvgIpc) is 2.96. The van der Waals surface area contributed by atoms with E-state index in [1.54, 1.807) is 0 Å². The Morgan fingerprint density at radius 2 is 1.48 bits per heavy atom. The highest BCUT2D eigenvalue weighted by atomic mass is 16.5. The molecular weight excluding hydrogens is 286 g/mol. The molecule has 1 heterocycles. The fourth-order valence-electron chi connectivity index (χ4n) is 4.08. The largest absolute Gasteiger partial charge is 0.469 e. The van der Waals surface area contributed by atoms with Crippen LogP contribution in [0.1, 0.15) is 30.0 Å². The van der Waals surface area contributed by atoms with Gasteiger partial charge in [0.1, 0.15) is 0 Å². The van der Waals surface area contributed by atoms with Gasteiger partial charge in [0, 0.05) is 0 Å². The van der Waals surface area contributed by atoms with Crippen molar-refractivity contribution in [1.82, 2.24) is 4.90 Å². The lowest BCUT2D eigenvalue weighted by molar-refractivity contribution is -0.147. The Kier molecular flexibility index (Phi) is 3.66. The number of hydrogen-bond acceptors (Lipinski definition) is 3. The Hall–Kier alpha value is -2.13. The number of carbonyl (C=O) groups is 1. The molecule has 3 heteroatoms. The minimum absolute atomic E-state index is 0.0585. The van der Waals surface area contributed by atoms with Gasteiger partial charge in [-0.3, -0.25) is 9.69 Å². The van der Waals surface area contributed by atoms with E-state index in [4.69, 9.17) is 4.74 Å². The van der Waals surface area contributed by atoms with E-state index in [2.05, 4.69) is 53.4 Å². The van der Waals surface area contributed by atoms with Gasteiger partial charge < -0.3 is 4.74 Å². The van der Waals surface area contributed by atoms with Crippen molar-refractivity contribution in [2.75, 3.05) is 20.2 Å². The van der Waals surface area contributed by atoms with Crippen molar-refractivity contribution in [1.29, 1.82) is 0 Å². The quantitative estimate of drug-likeness (QED) is 0.793. The topological polar surface area (TPSA) is 29.5 Å². The van der Waals surface area contributed by atoms with Gasteiger partial charge in [0.25, 0.3) is 0 Å². The molecule has 0 spiro atoms. The van der Waals surface area contributed by atoms with Crippen LogP contribution < -0.4 is 0 Å². The summed E-state index contributed by atoms with van der Waals surface area (Å²) in [7, 11) is 1.48. The van der Waals surface area contributed by atoms with Gasteiger partial charge in [0.2, 0.25) is 0 Å². The first kappa shape index (κ1) is 14.5. The van der Waals surface area contributed by atoms with Gasteiger partial charge in [-0.1, -0.05) is 48.5 Å². The number of benzene rings is 2. The summed E-state index contributed by atoms with van der Waals surface area (Å²) in [5.41, 5.74) is 5.49. The molecule has 2 aromatic rings. The summed E-state index contributed by atoms with van der Waals surface area (Å²) < 4.78 is 4.91. The summed E-state index contributed by atoms with van der Waals surface area (Å²) in [5, 5.41) is 0. The normalized spacial score (nSPS) is 18.5. The highest BCUT2D eigenvalue weighted by Gasteiger charge is 2.35. The van der Waals surface area contributed by atoms with E-state index in [1.165, 1.54) is 29.4 Å². The molecule has 118 valence electrons. The summed E-state index contributed by atoms with van der Waals surface area (Å²) in [6, 6.07) is 17.7. The number of likely N-dealkylation sites (tertiary alicyclic amines) is 1. The molecule has 4 rings (SSSR count). The van der Waals surface area contributed by atoms with Crippen molar-refractivity contribution in [2.45, 2.75) is 18.9 Å². The Morgan fingerprint density at radius 3 is 2.00 bits per heavy atom. The van der Waals surface area contributed by atoms with E-state index >= 15 is 0 Å². The third-order valence-corrected chi connectivity index (χ3v) is 5.23. The van der Waals surface area contributed by atoms with Gasteiger partial charge >= 0.3 is 5.97 Å². The standard InChI is InChI=1S/C20H21NO2/c1-23-20(22)14-10-12-21(13-11-14)19-17-8-4-2-6-15(17)16-7-3-5-9-18(16)19/h2-9,14,19H,10-13H2,1H3. The van der Waals surface area contributed by atoms with Crippen LogP contribution in [0.4, 0.5) is 0 Å². The number of esters is 1. The smallest absolute Gasteiger partial charge is 0.308 e. The molecule has 23 heavy (non-hydrogen) atoms. The van der Waals surface area contributed by atoms with Gasteiger partial charge in [-0.15, -0.1) is 0 Å². The molecule has 1 aliphatic carbocycles. The second-order valence-electron chi connectivity index (χ2n) is 6.41. The van der Waals surface area contributed by atoms with Crippen LogP contribution in [0.25, 0.3) is 11.1 Å². The Labute approximate surface area is 136 Å². The van der Waals surface area contributed by atoms with Crippen LogP contribution in [0, 0.1) is 5.92 Å². The van der Waals surface area contributed by atoms with E-state index in [1.807, 2.05) is 0 Å². The first-order valence-corrected chi connectivity index (χ1v) is 8.29. The van der Waals surface area contributed by atoms with Crippen molar-refractivity contribution < 1.29 is 9.53 Å². The SMILES string of the molecule is COC(=O)C1CCN(C2c3ccccc3-c3ccccc32)CC1. The summed E-state index contributed by atoms with van der Waals surface area (Å²) in [6.45, 7) is 1.88. The highest BCUT2D eigenvalue weighted by Crippen LogP contribution is 2.46. The van der Waals surface area contributed by atoms with Crippen LogP contribution >= 0.6 is 0 Å². The van der Waals surface area contributed by atoms with Crippen molar-refractivity contribution >= 4 is 5.97 Å². The maximum atomic E-state index is 11.8. The van der Waals surface area contributed by atoms with Crippen LogP contribution in [0.5, 0.6) is 0 Å². The number of nitrogens with zero attached hydrogens (tertiary/aromatic N) is 1. The molecule has 3 nitrogen and oxygen atoms in total. The molecule has 0 bridgehead atoms. The minimum Gasteiger partial charge on any atom is -0.469 e. The molecule has 0 saturated carbocycles. The Balaban J connectivity index is 1.64. The maximum Gasteiger partial charge on any atom is 0.308 e. The van der Waals surface area contributed by atoms with Crippen molar-refractivity contribution in [2.24, 2.45) is 5.92 Å². The van der Waals surface area contributed by atoms with Crippen molar-refractivity contribution in [3.05, 3.63) is 59.7 Å². The second kappa shape index (κ2) is 5.82. The zero-order valence-electron chi connectivity index (χ0n) is 13.4. The van der Waals surface area contributed by atoms with E-state index in [0.29, 0.717) is 6.04 Å². The third-order valence-electron chi connectivity index (χ3n) is 5.23. The third kappa shape index (κ3) is 2.36. The molecule has 2 aliphatic rings. The van der Waals surface area contributed by atoms with Gasteiger partial charge in [-0.2, -0.15) is 0 Å². The molecule has 1 aliphatic heterocycles. The number of methoxy groups -OCH3 is 1. The lowest BCUT2D eigenvalue weighted by Gasteiger charge is -2.36. The van der Waals surface area contributed by atoms with E-state index in [9.17, 15) is 4.79 Å². The van der Waals surface area contributed by atoms with Crippen LogP contribution in [0.15, 0.2) is 48.5 Å². The molecule has 0 atom stereocenters. The molecule has 0 unspecified atom stereocenters. The summed E-state index contributed by atoms with van der Waals surface area (Å²) in [4.78, 5) is 14.3. The lowest BCUT2D eigenvalue weighted by atomic mass is 9.93. The van der Waals surface area contributed by atoms with Gasteiger partial charge in [-0.25, -0.2) is 0 Å². The molecular formula is C20H21NO2. The maximum absolute atomic E-state index is 11.8. The first-order valence-electron chi connectivity index (χ1n) is 8.29. The predicted molar refractivity (Wildman–Crippen MR) is 90.0 cm³/mol. The molecule has 2 aromatic carbocycles. The van der Waals surface area contributed by atoms with Crippen molar-refractivity contribution in [3.8, 4) is 11.1 Å². The number of hydrogen-bond donors (Lipinski definition) is 0. The summed E-state index contributed by atoms with van der Waals surface area (Å²) >= 11 is 0. The molecule has 0 amide bonds. The highest BCUT2D eigenvalue weighted by molar-refractivity contribution is 5.78. The molecule has 0 N–H and O–H groups in total. The fraction of sp³-hybridized carbons (Fsp3) is 0.350. The van der Waals surface area contributed by atoms with Crippen LogP contribution in [-0.4, -0.2) is 31.1 Å². The number of fused-ring (bicyclic) bond motifs is 3. The zero-order valence-corrected chi connectivity index (χ0v) is 13.4. The van der Waals surface area contributed by atoms with Crippen LogP contribution in [-0.2, 0) is 9.53 Å². The molecule has 0 aromatic heterocycles. The van der Waals surface area contributed by atoms with Gasteiger partial charge in [-0.05, 0) is 48.2 Å². The number of carbonyl (C=O) groups excluding carboxylic acids is 1. The zero-order chi connectivity index (χ0) is 15.8. The fourth-order valence-corrected chi connectivity index (χ4v) is 4.08. The number of rotatable bonds is 2. The number of ether oxygens (including phenoxy) is 1. The number of piperidine rings is 1. The van der Waals surface area contributed by atoms with E-state index in [-0.39, 0.29) is 11.9 Å². The van der Waals surface area contributed by atoms with E-state index in [0.717, 1.165) is 25.9 Å². The van der Waals surface area contributed by atoms with Gasteiger partial charge in [0.05, 0.1) is 19.1 Å². The van der Waals surface area contributed by atoms with Crippen LogP contribution in [0.2, 0.25) is 0 Å². The molecule has 1 fully saturated rings. The molecule has 1 saturated heterocycles. The lowest BCUT2D eigenvalue weighted by Crippen LogP contribution is -2.38. The average molecular weight is 307 g/mol. The Bertz CT molecular complexity index is 686. The summed E-state index contributed by atoms with van der Waals surface area (Å²) in [5.74, 6) is 0.0000119. The summed E-state index contributed by atoms with van der Waals surface area (Å²) in [6.07, 6.45) is 1.76.